The van der Waals surface area contributed by atoms with Crippen LogP contribution < -0.4 is 10.6 Å². The highest BCUT2D eigenvalue weighted by atomic mass is 35.5. The maximum absolute atomic E-state index is 11.6. The van der Waals surface area contributed by atoms with E-state index in [0.717, 1.165) is 5.56 Å². The first-order chi connectivity index (χ1) is 8.93. The summed E-state index contributed by atoms with van der Waals surface area (Å²) in [5.74, 6) is -0.855. The molecule has 0 aliphatic heterocycles. The summed E-state index contributed by atoms with van der Waals surface area (Å²) >= 11 is 5.95. The van der Waals surface area contributed by atoms with Gasteiger partial charge in [-0.15, -0.1) is 0 Å². The monoisotopic (exact) mass is 282 g/mol. The number of carboxylic acid groups (broad SMARTS) is 1. The van der Waals surface area contributed by atoms with Crippen molar-refractivity contribution in [3.05, 3.63) is 28.8 Å². The largest absolute Gasteiger partial charge is 0.481 e. The van der Waals surface area contributed by atoms with Crippen LogP contribution in [0.15, 0.2) is 18.2 Å². The van der Waals surface area contributed by atoms with Gasteiger partial charge in [-0.3, -0.25) is 4.79 Å². The molecule has 0 heterocycles. The van der Waals surface area contributed by atoms with Crippen LogP contribution in [0.3, 0.4) is 0 Å². The highest BCUT2D eigenvalue weighted by Crippen LogP contribution is 2.45. The van der Waals surface area contributed by atoms with E-state index in [1.165, 1.54) is 0 Å². The molecule has 5 nitrogen and oxygen atoms in total. The van der Waals surface area contributed by atoms with E-state index in [1.807, 2.05) is 6.92 Å². The molecule has 1 aromatic rings. The summed E-state index contributed by atoms with van der Waals surface area (Å²) in [6, 6.07) is 4.77. The zero-order valence-electron chi connectivity index (χ0n) is 10.5. The Balaban J connectivity index is 1.88. The molecule has 1 aromatic carbocycles. The molecule has 2 rings (SSSR count). The lowest BCUT2D eigenvalue weighted by atomic mass is 10.1. The molecule has 102 valence electrons. The Labute approximate surface area is 116 Å². The quantitative estimate of drug-likeness (QED) is 0.794. The first kappa shape index (κ1) is 13.7. The average molecular weight is 283 g/mol. The van der Waals surface area contributed by atoms with Crippen LogP contribution in [0.2, 0.25) is 5.02 Å². The fourth-order valence-corrected chi connectivity index (χ4v) is 1.89. The summed E-state index contributed by atoms with van der Waals surface area (Å²) < 4.78 is 0. The molecule has 1 saturated carbocycles. The van der Waals surface area contributed by atoms with Crippen molar-refractivity contribution in [1.29, 1.82) is 0 Å². The van der Waals surface area contributed by atoms with Gasteiger partial charge in [0.15, 0.2) is 0 Å². The number of anilines is 1. The Bertz CT molecular complexity index is 527. The molecule has 1 aliphatic rings. The minimum Gasteiger partial charge on any atom is -0.481 e. The number of carbonyl (C=O) groups excluding carboxylic acids is 1. The first-order valence-electron chi connectivity index (χ1n) is 5.97. The van der Waals surface area contributed by atoms with Crippen LogP contribution in [0.1, 0.15) is 18.4 Å². The van der Waals surface area contributed by atoms with Crippen LogP contribution in [-0.2, 0) is 4.79 Å². The SMILES string of the molecule is Cc1ccc(NC(=O)NCC2(C(=O)O)CC2)cc1Cl. The smallest absolute Gasteiger partial charge is 0.319 e. The number of hydrogen-bond acceptors (Lipinski definition) is 2. The minimum absolute atomic E-state index is 0.147. The number of rotatable bonds is 4. The summed E-state index contributed by atoms with van der Waals surface area (Å²) in [7, 11) is 0. The average Bonchev–Trinajstić information content (AvgIpc) is 3.13. The van der Waals surface area contributed by atoms with Crippen molar-refractivity contribution >= 4 is 29.3 Å². The third-order valence-corrected chi connectivity index (χ3v) is 3.73. The third kappa shape index (κ3) is 3.17. The van der Waals surface area contributed by atoms with E-state index in [0.29, 0.717) is 23.6 Å². The summed E-state index contributed by atoms with van der Waals surface area (Å²) in [4.78, 5) is 22.6. The standard InChI is InChI=1S/C13H15ClN2O3/c1-8-2-3-9(6-10(8)14)16-12(19)15-7-13(4-5-13)11(17)18/h2-3,6H,4-5,7H2,1H3,(H,17,18)(H2,15,16,19). The zero-order valence-corrected chi connectivity index (χ0v) is 11.3. The second kappa shape index (κ2) is 5.09. The molecule has 0 unspecified atom stereocenters. The number of amides is 2. The van der Waals surface area contributed by atoms with Crippen LogP contribution in [0.5, 0.6) is 0 Å². The molecule has 6 heteroatoms. The van der Waals surface area contributed by atoms with E-state index >= 15 is 0 Å². The first-order valence-corrected chi connectivity index (χ1v) is 6.35. The van der Waals surface area contributed by atoms with Crippen molar-refractivity contribution in [2.24, 2.45) is 5.41 Å². The molecule has 0 radical (unpaired) electrons. The summed E-state index contributed by atoms with van der Waals surface area (Å²) in [6.07, 6.45) is 1.22. The number of carboxylic acids is 1. The van der Waals surface area contributed by atoms with Gasteiger partial charge in [0, 0.05) is 17.3 Å². The number of carbonyl (C=O) groups is 2. The van der Waals surface area contributed by atoms with E-state index in [9.17, 15) is 9.59 Å². The molecular formula is C13H15ClN2O3. The van der Waals surface area contributed by atoms with Gasteiger partial charge in [0.2, 0.25) is 0 Å². The van der Waals surface area contributed by atoms with E-state index in [-0.39, 0.29) is 6.54 Å². The Morgan fingerprint density at radius 3 is 2.63 bits per heavy atom. The van der Waals surface area contributed by atoms with Crippen molar-refractivity contribution in [3.8, 4) is 0 Å². The Hall–Kier alpha value is -1.75. The fraction of sp³-hybridized carbons (Fsp3) is 0.385. The maximum Gasteiger partial charge on any atom is 0.319 e. The molecule has 0 spiro atoms. The summed E-state index contributed by atoms with van der Waals surface area (Å²) in [5, 5.41) is 14.8. The van der Waals surface area contributed by atoms with Gasteiger partial charge < -0.3 is 15.7 Å². The van der Waals surface area contributed by atoms with E-state index in [1.54, 1.807) is 18.2 Å². The second-order valence-electron chi connectivity index (χ2n) is 4.86. The van der Waals surface area contributed by atoms with Gasteiger partial charge >= 0.3 is 12.0 Å². The van der Waals surface area contributed by atoms with Gasteiger partial charge in [-0.25, -0.2) is 4.79 Å². The molecular weight excluding hydrogens is 268 g/mol. The van der Waals surface area contributed by atoms with Gasteiger partial charge in [-0.2, -0.15) is 0 Å². The Kier molecular flexibility index (Phi) is 3.66. The predicted molar refractivity (Wildman–Crippen MR) is 72.5 cm³/mol. The molecule has 19 heavy (non-hydrogen) atoms. The van der Waals surface area contributed by atoms with Gasteiger partial charge in [0.1, 0.15) is 0 Å². The van der Waals surface area contributed by atoms with Crippen LogP contribution in [0.4, 0.5) is 10.5 Å². The summed E-state index contributed by atoms with van der Waals surface area (Å²) in [5.41, 5.74) is 0.742. The van der Waals surface area contributed by atoms with Crippen molar-refractivity contribution in [2.45, 2.75) is 19.8 Å². The highest BCUT2D eigenvalue weighted by molar-refractivity contribution is 6.31. The van der Waals surface area contributed by atoms with E-state index in [4.69, 9.17) is 16.7 Å². The number of benzene rings is 1. The zero-order chi connectivity index (χ0) is 14.0. The van der Waals surface area contributed by atoms with Crippen LogP contribution >= 0.6 is 11.6 Å². The van der Waals surface area contributed by atoms with Crippen molar-refractivity contribution < 1.29 is 14.7 Å². The molecule has 0 bridgehead atoms. The lowest BCUT2D eigenvalue weighted by Gasteiger charge is -2.12. The number of aliphatic carboxylic acids is 1. The topological polar surface area (TPSA) is 78.4 Å². The number of urea groups is 1. The van der Waals surface area contributed by atoms with Crippen molar-refractivity contribution in [1.82, 2.24) is 5.32 Å². The van der Waals surface area contributed by atoms with Crippen LogP contribution in [0.25, 0.3) is 0 Å². The van der Waals surface area contributed by atoms with Crippen LogP contribution in [-0.4, -0.2) is 23.7 Å². The molecule has 3 N–H and O–H groups in total. The van der Waals surface area contributed by atoms with E-state index < -0.39 is 17.4 Å². The van der Waals surface area contributed by atoms with Gasteiger partial charge in [-0.05, 0) is 37.5 Å². The van der Waals surface area contributed by atoms with Crippen molar-refractivity contribution in [2.75, 3.05) is 11.9 Å². The normalized spacial score (nSPS) is 15.7. The second-order valence-corrected chi connectivity index (χ2v) is 5.26. The molecule has 1 aliphatic carbocycles. The lowest BCUT2D eigenvalue weighted by Crippen LogP contribution is -2.36. The molecule has 0 aromatic heterocycles. The lowest BCUT2D eigenvalue weighted by molar-refractivity contribution is -0.143. The van der Waals surface area contributed by atoms with Gasteiger partial charge in [-0.1, -0.05) is 17.7 Å². The fourth-order valence-electron chi connectivity index (χ4n) is 1.71. The predicted octanol–water partition coefficient (Wildman–Crippen LogP) is 2.63. The summed E-state index contributed by atoms with van der Waals surface area (Å²) in [6.45, 7) is 2.02. The van der Waals surface area contributed by atoms with Gasteiger partial charge in [0.25, 0.3) is 0 Å². The number of halogens is 1. The molecule has 2 amide bonds. The minimum atomic E-state index is -0.855. The number of aryl methyl sites for hydroxylation is 1. The maximum atomic E-state index is 11.6. The molecule has 1 fully saturated rings. The number of nitrogens with one attached hydrogen (secondary N) is 2. The number of hydrogen-bond donors (Lipinski definition) is 3. The van der Waals surface area contributed by atoms with Crippen molar-refractivity contribution in [3.63, 3.8) is 0 Å². The Morgan fingerprint density at radius 2 is 2.11 bits per heavy atom. The molecule has 0 atom stereocenters. The molecule has 0 saturated heterocycles. The highest BCUT2D eigenvalue weighted by Gasteiger charge is 2.50. The van der Waals surface area contributed by atoms with E-state index in [2.05, 4.69) is 10.6 Å². The van der Waals surface area contributed by atoms with Gasteiger partial charge in [0.05, 0.1) is 5.41 Å². The Morgan fingerprint density at radius 1 is 1.42 bits per heavy atom. The third-order valence-electron chi connectivity index (χ3n) is 3.32. The van der Waals surface area contributed by atoms with Crippen LogP contribution in [0, 0.1) is 12.3 Å².